The van der Waals surface area contributed by atoms with Gasteiger partial charge < -0.3 is 14.7 Å². The predicted molar refractivity (Wildman–Crippen MR) is 117 cm³/mol. The first-order valence-corrected chi connectivity index (χ1v) is 11.0. The summed E-state index contributed by atoms with van der Waals surface area (Å²) in [5, 5.41) is 0. The van der Waals surface area contributed by atoms with Crippen LogP contribution in [0.3, 0.4) is 0 Å². The van der Waals surface area contributed by atoms with E-state index in [2.05, 4.69) is 15.9 Å². The quantitative estimate of drug-likeness (QED) is 0.693. The lowest BCUT2D eigenvalue weighted by Gasteiger charge is -2.37. The van der Waals surface area contributed by atoms with E-state index in [1.165, 1.54) is 0 Å². The smallest absolute Gasteiger partial charge is 0.254 e. The lowest BCUT2D eigenvalue weighted by molar-refractivity contribution is -0.136. The van der Waals surface area contributed by atoms with Crippen molar-refractivity contribution in [1.82, 2.24) is 14.7 Å². The van der Waals surface area contributed by atoms with Crippen molar-refractivity contribution in [1.29, 1.82) is 0 Å². The second-order valence-electron chi connectivity index (χ2n) is 7.65. The van der Waals surface area contributed by atoms with Gasteiger partial charge in [-0.25, -0.2) is 0 Å². The molecule has 2 fully saturated rings. The highest BCUT2D eigenvalue weighted by molar-refractivity contribution is 9.10. The lowest BCUT2D eigenvalue weighted by atomic mass is 10.1. The van der Waals surface area contributed by atoms with Crippen molar-refractivity contribution in [2.24, 2.45) is 0 Å². The van der Waals surface area contributed by atoms with Crippen LogP contribution in [-0.4, -0.2) is 71.2 Å². The Morgan fingerprint density at radius 3 is 2.00 bits per heavy atom. The number of likely N-dealkylation sites (tertiary alicyclic amines) is 1. The van der Waals surface area contributed by atoms with Crippen LogP contribution in [0.15, 0.2) is 59.1 Å². The molecule has 2 aromatic carbocycles. The average Bonchev–Trinajstić information content (AvgIpc) is 3.29. The maximum absolute atomic E-state index is 13.2. The van der Waals surface area contributed by atoms with Gasteiger partial charge in [-0.05, 0) is 49.2 Å². The van der Waals surface area contributed by atoms with Gasteiger partial charge in [0.1, 0.15) is 6.04 Å². The van der Waals surface area contributed by atoms with E-state index in [0.29, 0.717) is 50.3 Å². The van der Waals surface area contributed by atoms with Crippen LogP contribution >= 0.6 is 15.9 Å². The Kier molecular flexibility index (Phi) is 6.18. The highest BCUT2D eigenvalue weighted by atomic mass is 79.9. The number of benzene rings is 2. The maximum atomic E-state index is 13.2. The minimum atomic E-state index is -0.419. The number of carbonyl (C=O) groups is 3. The summed E-state index contributed by atoms with van der Waals surface area (Å²) in [6.45, 7) is 2.60. The molecular formula is C23H24BrN3O3. The number of hydrogen-bond donors (Lipinski definition) is 0. The zero-order valence-corrected chi connectivity index (χ0v) is 18.3. The minimum Gasteiger partial charge on any atom is -0.337 e. The molecule has 6 nitrogen and oxygen atoms in total. The van der Waals surface area contributed by atoms with Gasteiger partial charge in [-0.1, -0.05) is 34.1 Å². The summed E-state index contributed by atoms with van der Waals surface area (Å²) in [6.07, 6.45) is 1.51. The molecule has 0 aliphatic carbocycles. The van der Waals surface area contributed by atoms with E-state index < -0.39 is 6.04 Å². The summed E-state index contributed by atoms with van der Waals surface area (Å²) in [7, 11) is 0. The predicted octanol–water partition coefficient (Wildman–Crippen LogP) is 3.04. The van der Waals surface area contributed by atoms with Crippen LogP contribution in [0.25, 0.3) is 0 Å². The van der Waals surface area contributed by atoms with Gasteiger partial charge in [-0.3, -0.25) is 14.4 Å². The molecule has 4 rings (SSSR count). The highest BCUT2D eigenvalue weighted by Gasteiger charge is 2.38. The van der Waals surface area contributed by atoms with Gasteiger partial charge in [0.15, 0.2) is 0 Å². The zero-order valence-electron chi connectivity index (χ0n) is 16.7. The Hall–Kier alpha value is -2.67. The Balaban J connectivity index is 1.38. The highest BCUT2D eigenvalue weighted by Crippen LogP contribution is 2.23. The fourth-order valence-corrected chi connectivity index (χ4v) is 4.39. The van der Waals surface area contributed by atoms with Crippen molar-refractivity contribution in [2.45, 2.75) is 18.9 Å². The van der Waals surface area contributed by atoms with Crippen LogP contribution in [0.4, 0.5) is 0 Å². The fraction of sp³-hybridized carbons (Fsp3) is 0.348. The molecule has 2 aliphatic rings. The van der Waals surface area contributed by atoms with Crippen molar-refractivity contribution in [3.8, 4) is 0 Å². The van der Waals surface area contributed by atoms with Crippen LogP contribution in [-0.2, 0) is 4.79 Å². The Morgan fingerprint density at radius 2 is 1.33 bits per heavy atom. The summed E-state index contributed by atoms with van der Waals surface area (Å²) < 4.78 is 0.913. The molecule has 0 N–H and O–H groups in total. The minimum absolute atomic E-state index is 0.00407. The maximum Gasteiger partial charge on any atom is 0.254 e. The van der Waals surface area contributed by atoms with Crippen molar-refractivity contribution >= 4 is 33.7 Å². The summed E-state index contributed by atoms with van der Waals surface area (Å²) in [4.78, 5) is 44.0. The number of carbonyl (C=O) groups excluding carboxylic acids is 3. The van der Waals surface area contributed by atoms with E-state index in [0.717, 1.165) is 10.9 Å². The third-order valence-corrected chi connectivity index (χ3v) is 6.32. The van der Waals surface area contributed by atoms with Crippen molar-refractivity contribution in [2.75, 3.05) is 32.7 Å². The molecule has 30 heavy (non-hydrogen) atoms. The van der Waals surface area contributed by atoms with Crippen LogP contribution in [0.5, 0.6) is 0 Å². The molecule has 156 valence electrons. The van der Waals surface area contributed by atoms with E-state index in [4.69, 9.17) is 0 Å². The summed E-state index contributed by atoms with van der Waals surface area (Å²) in [6, 6.07) is 16.0. The van der Waals surface area contributed by atoms with E-state index in [1.807, 2.05) is 42.5 Å². The molecule has 0 aromatic heterocycles. The monoisotopic (exact) mass is 469 g/mol. The normalized spacial score (nSPS) is 19.1. The molecule has 0 bridgehead atoms. The van der Waals surface area contributed by atoms with Gasteiger partial charge in [0, 0.05) is 48.3 Å². The van der Waals surface area contributed by atoms with E-state index in [1.54, 1.807) is 26.8 Å². The molecule has 7 heteroatoms. The van der Waals surface area contributed by atoms with Gasteiger partial charge in [-0.2, -0.15) is 0 Å². The number of rotatable bonds is 3. The Morgan fingerprint density at radius 1 is 0.733 bits per heavy atom. The molecule has 2 saturated heterocycles. The zero-order chi connectivity index (χ0) is 21.1. The number of amides is 3. The molecule has 1 atom stereocenters. The van der Waals surface area contributed by atoms with Gasteiger partial charge in [0.2, 0.25) is 5.91 Å². The first-order chi connectivity index (χ1) is 14.5. The SMILES string of the molecule is O=C(c1ccccc1)N1CCN(C(=O)C2CCCN2C(=O)c2ccc(Br)cc2)CC1. The Labute approximate surface area is 184 Å². The molecular weight excluding hydrogens is 446 g/mol. The van der Waals surface area contributed by atoms with Crippen LogP contribution in [0.2, 0.25) is 0 Å². The van der Waals surface area contributed by atoms with Crippen molar-refractivity contribution < 1.29 is 14.4 Å². The van der Waals surface area contributed by atoms with Gasteiger partial charge >= 0.3 is 0 Å². The largest absolute Gasteiger partial charge is 0.337 e. The van der Waals surface area contributed by atoms with Crippen molar-refractivity contribution in [3.05, 3.63) is 70.2 Å². The van der Waals surface area contributed by atoms with Crippen molar-refractivity contribution in [3.63, 3.8) is 0 Å². The third-order valence-electron chi connectivity index (χ3n) is 5.79. The number of halogens is 1. The van der Waals surface area contributed by atoms with Gasteiger partial charge in [-0.15, -0.1) is 0 Å². The topological polar surface area (TPSA) is 60.9 Å². The molecule has 0 saturated carbocycles. The molecule has 2 aliphatic heterocycles. The van der Waals surface area contributed by atoms with Crippen LogP contribution < -0.4 is 0 Å². The van der Waals surface area contributed by atoms with Gasteiger partial charge in [0.05, 0.1) is 0 Å². The second kappa shape index (κ2) is 9.00. The molecule has 3 amide bonds. The average molecular weight is 470 g/mol. The van der Waals surface area contributed by atoms with Crippen LogP contribution in [0, 0.1) is 0 Å². The molecule has 1 unspecified atom stereocenters. The molecule has 2 aromatic rings. The standard InChI is InChI=1S/C23H24BrN3O3/c24-19-10-8-18(9-11-19)22(29)27-12-4-7-20(27)23(30)26-15-13-25(14-16-26)21(28)17-5-2-1-3-6-17/h1-3,5-6,8-11,20H,4,7,12-16H2. The lowest BCUT2D eigenvalue weighted by Crippen LogP contribution is -2.55. The van der Waals surface area contributed by atoms with E-state index >= 15 is 0 Å². The Bertz CT molecular complexity index is 924. The second-order valence-corrected chi connectivity index (χ2v) is 8.56. The molecule has 0 radical (unpaired) electrons. The van der Waals surface area contributed by atoms with Gasteiger partial charge in [0.25, 0.3) is 11.8 Å². The van der Waals surface area contributed by atoms with E-state index in [-0.39, 0.29) is 17.7 Å². The summed E-state index contributed by atoms with van der Waals surface area (Å²) in [5.41, 5.74) is 1.26. The number of nitrogens with zero attached hydrogens (tertiary/aromatic N) is 3. The summed E-state index contributed by atoms with van der Waals surface area (Å²) in [5.74, 6) is -0.114. The third kappa shape index (κ3) is 4.26. The molecule has 2 heterocycles. The number of hydrogen-bond acceptors (Lipinski definition) is 3. The van der Waals surface area contributed by atoms with Crippen LogP contribution in [0.1, 0.15) is 33.6 Å². The number of piperazine rings is 1. The first kappa shape index (κ1) is 20.6. The fourth-order valence-electron chi connectivity index (χ4n) is 4.13. The first-order valence-electron chi connectivity index (χ1n) is 10.2. The van der Waals surface area contributed by atoms with E-state index in [9.17, 15) is 14.4 Å². The summed E-state index contributed by atoms with van der Waals surface area (Å²) >= 11 is 3.38. The molecule has 0 spiro atoms.